The molecule has 4 heteroatoms. The van der Waals surface area contributed by atoms with E-state index in [2.05, 4.69) is 92.9 Å². The summed E-state index contributed by atoms with van der Waals surface area (Å²) in [6.45, 7) is 8.52. The fraction of sp³-hybridized carbons (Fsp3) is 0.424. The van der Waals surface area contributed by atoms with Crippen LogP contribution in [0.1, 0.15) is 57.1 Å². The van der Waals surface area contributed by atoms with Crippen LogP contribution in [0, 0.1) is 31.6 Å². The molecule has 2 saturated carbocycles. The Morgan fingerprint density at radius 3 is 2.22 bits per heavy atom. The SMILES string of the molecule is Cc1cc(-n2c3ccccc3c3ccccc32)cc(C)c1OCC(=O)OC1(C)CCC2CC(C)CC1C2. The van der Waals surface area contributed by atoms with Crippen molar-refractivity contribution in [2.45, 2.75) is 65.4 Å². The molecular formula is C33H37NO3. The van der Waals surface area contributed by atoms with Gasteiger partial charge in [-0.3, -0.25) is 0 Å². The standard InChI is InChI=1S/C33H37NO3/c1-21-15-24-13-14-33(4,25(16-21)19-24)37-31(35)20-36-32-22(2)17-26(18-23(32)3)34-29-11-7-5-9-27(29)28-10-6-8-12-30(28)34/h5-12,17-18,21,24-25H,13-16,19-20H2,1-4H3. The summed E-state index contributed by atoms with van der Waals surface area (Å²) < 4.78 is 14.5. The largest absolute Gasteiger partial charge is 0.481 e. The first kappa shape index (κ1) is 24.1. The summed E-state index contributed by atoms with van der Waals surface area (Å²) in [7, 11) is 0. The van der Waals surface area contributed by atoms with Crippen LogP contribution in [0.2, 0.25) is 0 Å². The van der Waals surface area contributed by atoms with E-state index in [0.29, 0.717) is 5.92 Å². The number of para-hydroxylation sites is 2. The lowest BCUT2D eigenvalue weighted by molar-refractivity contribution is -0.176. The molecule has 2 fully saturated rings. The molecule has 2 bridgehead atoms. The van der Waals surface area contributed by atoms with Gasteiger partial charge in [-0.1, -0.05) is 43.3 Å². The van der Waals surface area contributed by atoms with Gasteiger partial charge in [0.25, 0.3) is 0 Å². The summed E-state index contributed by atoms with van der Waals surface area (Å²) in [5.74, 6) is 2.49. The van der Waals surface area contributed by atoms with Crippen LogP contribution in [0.5, 0.6) is 5.75 Å². The van der Waals surface area contributed by atoms with Gasteiger partial charge in [-0.2, -0.15) is 0 Å². The molecule has 0 amide bonds. The van der Waals surface area contributed by atoms with Crippen LogP contribution in [0.4, 0.5) is 0 Å². The number of aryl methyl sites for hydroxylation is 2. The van der Waals surface area contributed by atoms with Crippen LogP contribution in [-0.4, -0.2) is 22.7 Å². The number of carbonyl (C=O) groups excluding carboxylic acids is 1. The fourth-order valence-corrected chi connectivity index (χ4v) is 7.21. The maximum absolute atomic E-state index is 13.0. The first-order valence-electron chi connectivity index (χ1n) is 13.8. The van der Waals surface area contributed by atoms with Gasteiger partial charge in [0.1, 0.15) is 11.4 Å². The Morgan fingerprint density at radius 1 is 0.946 bits per heavy atom. The van der Waals surface area contributed by atoms with Gasteiger partial charge in [-0.25, -0.2) is 4.79 Å². The van der Waals surface area contributed by atoms with Gasteiger partial charge in [0.2, 0.25) is 0 Å². The summed E-state index contributed by atoms with van der Waals surface area (Å²) in [5.41, 5.74) is 5.11. The van der Waals surface area contributed by atoms with Crippen molar-refractivity contribution < 1.29 is 14.3 Å². The maximum atomic E-state index is 13.0. The number of carbonyl (C=O) groups is 1. The second kappa shape index (κ2) is 9.24. The zero-order chi connectivity index (χ0) is 25.7. The van der Waals surface area contributed by atoms with Gasteiger partial charge in [0.05, 0.1) is 11.0 Å². The predicted molar refractivity (Wildman–Crippen MR) is 149 cm³/mol. The maximum Gasteiger partial charge on any atom is 0.344 e. The Hall–Kier alpha value is -3.27. The molecule has 4 nitrogen and oxygen atoms in total. The number of aromatic nitrogens is 1. The highest BCUT2D eigenvalue weighted by Crippen LogP contribution is 2.49. The van der Waals surface area contributed by atoms with Crippen molar-refractivity contribution in [3.05, 3.63) is 71.8 Å². The lowest BCUT2D eigenvalue weighted by Crippen LogP contribution is -2.47. The quantitative estimate of drug-likeness (QED) is 0.264. The minimum atomic E-state index is -0.365. The van der Waals surface area contributed by atoms with E-state index in [9.17, 15) is 4.79 Å². The molecule has 2 aliphatic carbocycles. The Kier molecular flexibility index (Phi) is 6.01. The third kappa shape index (κ3) is 4.31. The molecule has 0 radical (unpaired) electrons. The van der Waals surface area contributed by atoms with E-state index in [4.69, 9.17) is 9.47 Å². The number of ether oxygens (including phenoxy) is 2. The third-order valence-corrected chi connectivity index (χ3v) is 8.92. The van der Waals surface area contributed by atoms with E-state index in [0.717, 1.165) is 53.7 Å². The second-order valence-corrected chi connectivity index (χ2v) is 11.8. The van der Waals surface area contributed by atoms with Gasteiger partial charge in [0, 0.05) is 16.5 Å². The molecule has 0 spiro atoms. The molecule has 37 heavy (non-hydrogen) atoms. The zero-order valence-corrected chi connectivity index (χ0v) is 22.4. The van der Waals surface area contributed by atoms with Gasteiger partial charge < -0.3 is 14.0 Å². The van der Waals surface area contributed by atoms with Crippen molar-refractivity contribution in [1.29, 1.82) is 0 Å². The molecule has 1 heterocycles. The molecule has 6 rings (SSSR count). The van der Waals surface area contributed by atoms with E-state index in [1.807, 2.05) is 0 Å². The Bertz CT molecular complexity index is 1410. The molecule has 4 aromatic rings. The van der Waals surface area contributed by atoms with Crippen molar-refractivity contribution in [2.24, 2.45) is 17.8 Å². The minimum Gasteiger partial charge on any atom is -0.481 e. The summed E-state index contributed by atoms with van der Waals surface area (Å²) >= 11 is 0. The van der Waals surface area contributed by atoms with Gasteiger partial charge in [-0.05, 0) is 106 Å². The molecule has 4 atom stereocenters. The number of benzene rings is 3. The van der Waals surface area contributed by atoms with Crippen molar-refractivity contribution in [2.75, 3.05) is 6.61 Å². The number of rotatable bonds is 5. The van der Waals surface area contributed by atoms with Crippen LogP contribution >= 0.6 is 0 Å². The normalized spacial score (nSPS) is 25.4. The molecule has 1 aromatic heterocycles. The number of hydrogen-bond donors (Lipinski definition) is 0. The fourth-order valence-electron chi connectivity index (χ4n) is 7.21. The highest BCUT2D eigenvalue weighted by atomic mass is 16.6. The summed E-state index contributed by atoms with van der Waals surface area (Å²) in [6, 6.07) is 21.3. The van der Waals surface area contributed by atoms with Crippen molar-refractivity contribution in [3.63, 3.8) is 0 Å². The van der Waals surface area contributed by atoms with E-state index in [-0.39, 0.29) is 18.2 Å². The molecular weight excluding hydrogens is 458 g/mol. The van der Waals surface area contributed by atoms with E-state index >= 15 is 0 Å². The number of esters is 1. The highest BCUT2D eigenvalue weighted by molar-refractivity contribution is 6.09. The molecule has 4 unspecified atom stereocenters. The van der Waals surface area contributed by atoms with Gasteiger partial charge in [-0.15, -0.1) is 0 Å². The number of nitrogens with zero attached hydrogens (tertiary/aromatic N) is 1. The third-order valence-electron chi connectivity index (χ3n) is 8.92. The molecule has 0 saturated heterocycles. The Labute approximate surface area is 219 Å². The molecule has 0 aliphatic heterocycles. The lowest BCUT2D eigenvalue weighted by Gasteiger charge is -2.48. The monoisotopic (exact) mass is 495 g/mol. The second-order valence-electron chi connectivity index (χ2n) is 11.8. The number of hydrogen-bond acceptors (Lipinski definition) is 3. The molecule has 2 aliphatic rings. The average Bonchev–Trinajstić information content (AvgIpc) is 3.20. The molecule has 192 valence electrons. The number of fused-ring (bicyclic) bond motifs is 5. The van der Waals surface area contributed by atoms with Crippen molar-refractivity contribution in [1.82, 2.24) is 4.57 Å². The Morgan fingerprint density at radius 2 is 1.57 bits per heavy atom. The lowest BCUT2D eigenvalue weighted by atomic mass is 9.62. The van der Waals surface area contributed by atoms with Crippen LogP contribution in [0.15, 0.2) is 60.7 Å². The minimum absolute atomic E-state index is 0.0578. The summed E-state index contributed by atoms with van der Waals surface area (Å²) in [6.07, 6.45) is 5.80. The molecule has 0 N–H and O–H groups in total. The van der Waals surface area contributed by atoms with E-state index in [1.54, 1.807) is 0 Å². The van der Waals surface area contributed by atoms with Gasteiger partial charge in [0.15, 0.2) is 6.61 Å². The van der Waals surface area contributed by atoms with Crippen LogP contribution < -0.4 is 4.74 Å². The van der Waals surface area contributed by atoms with E-state index < -0.39 is 0 Å². The molecule has 3 aromatic carbocycles. The van der Waals surface area contributed by atoms with E-state index in [1.165, 1.54) is 34.6 Å². The van der Waals surface area contributed by atoms with Gasteiger partial charge >= 0.3 is 5.97 Å². The highest BCUT2D eigenvalue weighted by Gasteiger charge is 2.46. The predicted octanol–water partition coefficient (Wildman–Crippen LogP) is 7.93. The zero-order valence-electron chi connectivity index (χ0n) is 22.4. The smallest absolute Gasteiger partial charge is 0.344 e. The Balaban J connectivity index is 1.22. The van der Waals surface area contributed by atoms with Crippen LogP contribution in [0.3, 0.4) is 0 Å². The van der Waals surface area contributed by atoms with Crippen molar-refractivity contribution in [3.8, 4) is 11.4 Å². The average molecular weight is 496 g/mol. The topological polar surface area (TPSA) is 40.5 Å². The first-order valence-corrected chi connectivity index (χ1v) is 13.8. The summed E-state index contributed by atoms with van der Waals surface area (Å²) in [5, 5.41) is 2.48. The van der Waals surface area contributed by atoms with Crippen LogP contribution in [0.25, 0.3) is 27.5 Å². The first-order chi connectivity index (χ1) is 17.8. The van der Waals surface area contributed by atoms with Crippen LogP contribution in [-0.2, 0) is 9.53 Å². The van der Waals surface area contributed by atoms with Crippen molar-refractivity contribution >= 4 is 27.8 Å². The summed E-state index contributed by atoms with van der Waals surface area (Å²) in [4.78, 5) is 13.0.